The van der Waals surface area contributed by atoms with Crippen molar-refractivity contribution in [1.82, 2.24) is 19.8 Å². The summed E-state index contributed by atoms with van der Waals surface area (Å²) in [6, 6.07) is 32.6. The summed E-state index contributed by atoms with van der Waals surface area (Å²) in [5.74, 6) is 1.12. The van der Waals surface area contributed by atoms with Gasteiger partial charge in [0, 0.05) is 51.9 Å². The largest absolute Gasteiger partial charge is 0.354 e. The molecule has 0 N–H and O–H groups in total. The minimum atomic E-state index is 0.0575. The molecule has 0 unspecified atom stereocenters. The van der Waals surface area contributed by atoms with Crippen LogP contribution in [0.2, 0.25) is 5.15 Å². The van der Waals surface area contributed by atoms with Crippen LogP contribution in [0.25, 0.3) is 6.08 Å². The van der Waals surface area contributed by atoms with E-state index in [1.165, 1.54) is 22.9 Å². The highest BCUT2D eigenvalue weighted by Gasteiger charge is 2.20. The molecule has 1 saturated heterocycles. The normalized spacial score (nSPS) is 13.9. The maximum absolute atomic E-state index is 13.4. The molecule has 1 aliphatic rings. The molecule has 2 heterocycles. The first-order valence-electron chi connectivity index (χ1n) is 14.3. The number of anilines is 1. The van der Waals surface area contributed by atoms with Crippen LogP contribution >= 0.6 is 23.4 Å². The van der Waals surface area contributed by atoms with Gasteiger partial charge in [-0.2, -0.15) is 0 Å². The number of aromatic nitrogens is 2. The third-order valence-corrected chi connectivity index (χ3v) is 8.26. The molecule has 4 aromatic rings. The second-order valence-corrected chi connectivity index (χ2v) is 11.6. The summed E-state index contributed by atoms with van der Waals surface area (Å²) in [4.78, 5) is 29.2. The van der Waals surface area contributed by atoms with Crippen molar-refractivity contribution >= 4 is 41.2 Å². The Hall–Kier alpha value is -3.65. The van der Waals surface area contributed by atoms with E-state index in [1.54, 1.807) is 0 Å². The fraction of sp³-hybridized carbons (Fsp3) is 0.265. The van der Waals surface area contributed by atoms with E-state index < -0.39 is 0 Å². The molecule has 1 aliphatic heterocycles. The minimum Gasteiger partial charge on any atom is -0.354 e. The monoisotopic (exact) mass is 597 g/mol. The quantitative estimate of drug-likeness (QED) is 0.108. The lowest BCUT2D eigenvalue weighted by Crippen LogP contribution is -2.46. The van der Waals surface area contributed by atoms with Crippen LogP contribution in [0, 0.1) is 0 Å². The summed E-state index contributed by atoms with van der Waals surface area (Å²) >= 11 is 7.77. The lowest BCUT2D eigenvalue weighted by molar-refractivity contribution is -0.128. The zero-order valence-corrected chi connectivity index (χ0v) is 25.3. The highest BCUT2D eigenvalue weighted by Crippen LogP contribution is 2.23. The molecule has 0 aliphatic carbocycles. The van der Waals surface area contributed by atoms with Crippen LogP contribution < -0.4 is 4.90 Å². The SMILES string of the molecule is O=C(CSc1nc(Cl)cc(N2CCN(C/C=C/c3ccccc3)CC2)n1)N(CCc1ccccc1)Cc1ccccc1. The van der Waals surface area contributed by atoms with Gasteiger partial charge in [0.25, 0.3) is 0 Å². The number of halogens is 1. The van der Waals surface area contributed by atoms with Crippen LogP contribution in [0.4, 0.5) is 5.82 Å². The first-order chi connectivity index (χ1) is 20.6. The molecular weight excluding hydrogens is 562 g/mol. The van der Waals surface area contributed by atoms with Gasteiger partial charge in [0.1, 0.15) is 11.0 Å². The lowest BCUT2D eigenvalue weighted by atomic mass is 10.1. The van der Waals surface area contributed by atoms with E-state index in [-0.39, 0.29) is 11.7 Å². The number of piperazine rings is 1. The second-order valence-electron chi connectivity index (χ2n) is 10.3. The van der Waals surface area contributed by atoms with Gasteiger partial charge in [-0.1, -0.05) is 127 Å². The number of hydrogen-bond acceptors (Lipinski definition) is 6. The molecule has 0 spiro atoms. The molecule has 1 aromatic heterocycles. The fourth-order valence-electron chi connectivity index (χ4n) is 4.90. The Balaban J connectivity index is 1.16. The standard InChI is InChI=1S/C34H36ClN5OS/c35-31-25-32(39-23-21-38(22-24-39)19-10-17-28-11-4-1-5-12-28)37-34(36-31)42-27-33(41)40(26-30-15-8-3-9-16-30)20-18-29-13-6-2-7-14-29/h1-17,25H,18-24,26-27H2/b17-10+. The van der Waals surface area contributed by atoms with Gasteiger partial charge >= 0.3 is 0 Å². The van der Waals surface area contributed by atoms with Gasteiger partial charge in [-0.15, -0.1) is 0 Å². The molecule has 0 radical (unpaired) electrons. The summed E-state index contributed by atoms with van der Waals surface area (Å²) in [5, 5.41) is 0.926. The molecular formula is C34H36ClN5OS. The maximum Gasteiger partial charge on any atom is 0.233 e. The van der Waals surface area contributed by atoms with Gasteiger partial charge in [0.05, 0.1) is 5.75 Å². The molecule has 1 fully saturated rings. The molecule has 216 valence electrons. The van der Waals surface area contributed by atoms with E-state index >= 15 is 0 Å². The third kappa shape index (κ3) is 9.18. The van der Waals surface area contributed by atoms with Crippen molar-refractivity contribution in [2.45, 2.75) is 18.1 Å². The Labute approximate surface area is 258 Å². The number of benzene rings is 3. The van der Waals surface area contributed by atoms with E-state index in [1.807, 2.05) is 53.4 Å². The van der Waals surface area contributed by atoms with E-state index in [0.717, 1.165) is 50.5 Å². The number of thioether (sulfide) groups is 1. The Morgan fingerprint density at radius 3 is 2.19 bits per heavy atom. The van der Waals surface area contributed by atoms with Gasteiger partial charge in [-0.3, -0.25) is 9.69 Å². The third-order valence-electron chi connectivity index (χ3n) is 7.24. The first-order valence-corrected chi connectivity index (χ1v) is 15.7. The van der Waals surface area contributed by atoms with Crippen molar-refractivity contribution < 1.29 is 4.79 Å². The van der Waals surface area contributed by atoms with Crippen LogP contribution in [0.5, 0.6) is 0 Å². The van der Waals surface area contributed by atoms with Gasteiger partial charge in [-0.05, 0) is 23.1 Å². The first kappa shape index (κ1) is 29.8. The summed E-state index contributed by atoms with van der Waals surface area (Å²) in [5.41, 5.74) is 3.54. The predicted octanol–water partition coefficient (Wildman–Crippen LogP) is 6.33. The van der Waals surface area contributed by atoms with Crippen LogP contribution in [0.15, 0.2) is 108 Å². The molecule has 6 nitrogen and oxygen atoms in total. The van der Waals surface area contributed by atoms with Crippen molar-refractivity contribution in [3.05, 3.63) is 125 Å². The van der Waals surface area contributed by atoms with Crippen molar-refractivity contribution in [3.63, 3.8) is 0 Å². The molecule has 8 heteroatoms. The minimum absolute atomic E-state index is 0.0575. The predicted molar refractivity (Wildman–Crippen MR) is 174 cm³/mol. The number of carbonyl (C=O) groups excluding carboxylic acids is 1. The van der Waals surface area contributed by atoms with Crippen molar-refractivity contribution in [2.24, 2.45) is 0 Å². The van der Waals surface area contributed by atoms with Crippen molar-refractivity contribution in [1.29, 1.82) is 0 Å². The molecule has 42 heavy (non-hydrogen) atoms. The summed E-state index contributed by atoms with van der Waals surface area (Å²) < 4.78 is 0. The molecule has 0 bridgehead atoms. The molecule has 5 rings (SSSR count). The zero-order valence-electron chi connectivity index (χ0n) is 23.7. The average Bonchev–Trinajstić information content (AvgIpc) is 3.03. The number of hydrogen-bond donors (Lipinski definition) is 0. The number of carbonyl (C=O) groups is 1. The Kier molecular flexibility index (Phi) is 11.0. The van der Waals surface area contributed by atoms with Gasteiger partial charge in [0.2, 0.25) is 5.91 Å². The Bertz CT molecular complexity index is 1430. The maximum atomic E-state index is 13.4. The van der Waals surface area contributed by atoms with Crippen molar-refractivity contribution in [3.8, 4) is 0 Å². The zero-order chi connectivity index (χ0) is 29.0. The fourth-order valence-corrected chi connectivity index (χ4v) is 5.88. The number of amides is 1. The van der Waals surface area contributed by atoms with Gasteiger partial charge < -0.3 is 9.80 Å². The highest BCUT2D eigenvalue weighted by atomic mass is 35.5. The topological polar surface area (TPSA) is 52.6 Å². The number of nitrogens with zero attached hydrogens (tertiary/aromatic N) is 5. The van der Waals surface area contributed by atoms with Crippen LogP contribution in [-0.4, -0.2) is 70.7 Å². The van der Waals surface area contributed by atoms with E-state index in [9.17, 15) is 4.79 Å². The summed E-state index contributed by atoms with van der Waals surface area (Å²) in [7, 11) is 0. The van der Waals surface area contributed by atoms with Crippen LogP contribution in [-0.2, 0) is 17.8 Å². The number of rotatable bonds is 12. The van der Waals surface area contributed by atoms with Crippen molar-refractivity contribution in [2.75, 3.05) is 49.9 Å². The Morgan fingerprint density at radius 1 is 0.857 bits per heavy atom. The van der Waals surface area contributed by atoms with E-state index in [0.29, 0.717) is 23.4 Å². The van der Waals surface area contributed by atoms with Gasteiger partial charge in [0.15, 0.2) is 5.16 Å². The molecule has 1 amide bonds. The van der Waals surface area contributed by atoms with E-state index in [2.05, 4.69) is 75.5 Å². The average molecular weight is 598 g/mol. The summed E-state index contributed by atoms with van der Waals surface area (Å²) in [6.45, 7) is 5.74. The van der Waals surface area contributed by atoms with Gasteiger partial charge in [-0.25, -0.2) is 9.97 Å². The van der Waals surface area contributed by atoms with E-state index in [4.69, 9.17) is 16.6 Å². The van der Waals surface area contributed by atoms with Crippen LogP contribution in [0.3, 0.4) is 0 Å². The van der Waals surface area contributed by atoms with Crippen LogP contribution in [0.1, 0.15) is 16.7 Å². The smallest absolute Gasteiger partial charge is 0.233 e. The lowest BCUT2D eigenvalue weighted by Gasteiger charge is -2.35. The second kappa shape index (κ2) is 15.5. The summed E-state index contributed by atoms with van der Waals surface area (Å²) in [6.07, 6.45) is 5.19. The molecule has 0 atom stereocenters. The molecule has 0 saturated carbocycles. The molecule has 3 aromatic carbocycles. The Morgan fingerprint density at radius 2 is 1.50 bits per heavy atom. The highest BCUT2D eigenvalue weighted by molar-refractivity contribution is 7.99.